The van der Waals surface area contributed by atoms with Crippen LogP contribution in [0.1, 0.15) is 35.6 Å². The molecular formula is C16H18N2O2. The van der Waals surface area contributed by atoms with Crippen LogP contribution < -0.4 is 5.32 Å². The quantitative estimate of drug-likeness (QED) is 0.824. The average Bonchev–Trinajstić information content (AvgIpc) is 2.45. The molecule has 4 nitrogen and oxygen atoms in total. The minimum Gasteiger partial charge on any atom is -0.383 e. The predicted molar refractivity (Wildman–Crippen MR) is 78.1 cm³/mol. The summed E-state index contributed by atoms with van der Waals surface area (Å²) in [7, 11) is 1.60. The Morgan fingerprint density at radius 3 is 2.30 bits per heavy atom. The highest BCUT2D eigenvalue weighted by Crippen LogP contribution is 2.08. The van der Waals surface area contributed by atoms with Crippen LogP contribution in [0.4, 0.5) is 0 Å². The lowest BCUT2D eigenvalue weighted by Crippen LogP contribution is -2.41. The number of carbonyl (C=O) groups excluding carboxylic acids is 1. The van der Waals surface area contributed by atoms with Crippen molar-refractivity contribution < 1.29 is 9.53 Å². The Labute approximate surface area is 119 Å². The number of methoxy groups -OCH3 is 1. The standard InChI is InChI=1S/C16H18N2O2/c1-6-13-8-12(9-14(7-2)17-13)16(19)18-15(10-20-5)11(3)4/h1-2,8-9,11,15H,10H2,3-5H3,(H,18,19)/t15-/m1/s1. The molecule has 1 heterocycles. The Morgan fingerprint density at radius 1 is 1.35 bits per heavy atom. The number of carbonyl (C=O) groups is 1. The SMILES string of the molecule is C#Cc1cc(C(=O)N[C@H](COC)C(C)C)cc(C#C)n1. The Kier molecular flexibility index (Phi) is 5.77. The smallest absolute Gasteiger partial charge is 0.251 e. The van der Waals surface area contributed by atoms with E-state index in [-0.39, 0.29) is 17.9 Å². The van der Waals surface area contributed by atoms with Crippen molar-refractivity contribution in [1.29, 1.82) is 0 Å². The Balaban J connectivity index is 2.97. The van der Waals surface area contributed by atoms with E-state index >= 15 is 0 Å². The molecule has 4 heteroatoms. The molecule has 0 aromatic carbocycles. The van der Waals surface area contributed by atoms with Crippen LogP contribution in [0.5, 0.6) is 0 Å². The van der Waals surface area contributed by atoms with Crippen molar-refractivity contribution in [2.24, 2.45) is 5.92 Å². The van der Waals surface area contributed by atoms with Gasteiger partial charge in [-0.3, -0.25) is 4.79 Å². The number of nitrogens with zero attached hydrogens (tertiary/aromatic N) is 1. The molecule has 0 fully saturated rings. The summed E-state index contributed by atoms with van der Waals surface area (Å²) in [5.41, 5.74) is 1.10. The summed E-state index contributed by atoms with van der Waals surface area (Å²) in [6, 6.07) is 3.00. The molecule has 1 atom stereocenters. The number of hydrogen-bond acceptors (Lipinski definition) is 3. The molecule has 0 aliphatic rings. The molecule has 1 amide bonds. The van der Waals surface area contributed by atoms with Crippen molar-refractivity contribution in [3.05, 3.63) is 29.1 Å². The van der Waals surface area contributed by atoms with Gasteiger partial charge in [0.1, 0.15) is 11.4 Å². The van der Waals surface area contributed by atoms with Gasteiger partial charge in [-0.2, -0.15) is 0 Å². The van der Waals surface area contributed by atoms with Crippen LogP contribution in [0.3, 0.4) is 0 Å². The molecule has 1 N–H and O–H groups in total. The molecule has 0 aliphatic carbocycles. The summed E-state index contributed by atoms with van der Waals surface area (Å²) < 4.78 is 5.10. The second-order valence-electron chi connectivity index (χ2n) is 4.69. The summed E-state index contributed by atoms with van der Waals surface area (Å²) >= 11 is 0. The highest BCUT2D eigenvalue weighted by molar-refractivity contribution is 5.94. The van der Waals surface area contributed by atoms with E-state index < -0.39 is 0 Å². The zero-order valence-corrected chi connectivity index (χ0v) is 11.9. The normalized spacial score (nSPS) is 11.5. The molecule has 104 valence electrons. The van der Waals surface area contributed by atoms with Gasteiger partial charge in [0.15, 0.2) is 0 Å². The topological polar surface area (TPSA) is 51.2 Å². The van der Waals surface area contributed by atoms with Crippen LogP contribution in [-0.4, -0.2) is 30.6 Å². The lowest BCUT2D eigenvalue weighted by atomic mass is 10.0. The molecule has 0 bridgehead atoms. The molecular weight excluding hydrogens is 252 g/mol. The first kappa shape index (κ1) is 15.8. The van der Waals surface area contributed by atoms with Gasteiger partial charge in [-0.05, 0) is 18.1 Å². The number of ether oxygens (including phenoxy) is 1. The van der Waals surface area contributed by atoms with Crippen molar-refractivity contribution in [1.82, 2.24) is 10.3 Å². The maximum atomic E-state index is 12.2. The molecule has 0 saturated heterocycles. The lowest BCUT2D eigenvalue weighted by Gasteiger charge is -2.21. The van der Waals surface area contributed by atoms with E-state index in [4.69, 9.17) is 17.6 Å². The van der Waals surface area contributed by atoms with Gasteiger partial charge in [0.05, 0.1) is 12.6 Å². The third kappa shape index (κ3) is 4.12. The zero-order chi connectivity index (χ0) is 15.1. The second kappa shape index (κ2) is 7.33. The van der Waals surface area contributed by atoms with E-state index in [1.165, 1.54) is 0 Å². The Hall–Kier alpha value is -2.30. The maximum absolute atomic E-state index is 12.2. The van der Waals surface area contributed by atoms with Gasteiger partial charge in [-0.25, -0.2) is 4.98 Å². The fraction of sp³-hybridized carbons (Fsp3) is 0.375. The molecule has 20 heavy (non-hydrogen) atoms. The van der Waals surface area contributed by atoms with E-state index in [1.54, 1.807) is 19.2 Å². The summed E-state index contributed by atoms with van der Waals surface area (Å²) in [6.45, 7) is 4.46. The van der Waals surface area contributed by atoms with Crippen molar-refractivity contribution in [2.45, 2.75) is 19.9 Å². The molecule has 1 aromatic rings. The predicted octanol–water partition coefficient (Wildman–Crippen LogP) is 1.44. The van der Waals surface area contributed by atoms with E-state index in [9.17, 15) is 4.79 Å². The number of rotatable bonds is 5. The third-order valence-electron chi connectivity index (χ3n) is 2.85. The highest BCUT2D eigenvalue weighted by atomic mass is 16.5. The number of pyridine rings is 1. The number of amides is 1. The molecule has 0 spiro atoms. The second-order valence-corrected chi connectivity index (χ2v) is 4.69. The van der Waals surface area contributed by atoms with Gasteiger partial charge in [0, 0.05) is 12.7 Å². The van der Waals surface area contributed by atoms with Crippen molar-refractivity contribution in [2.75, 3.05) is 13.7 Å². The largest absolute Gasteiger partial charge is 0.383 e. The fourth-order valence-corrected chi connectivity index (χ4v) is 1.64. The Morgan fingerprint density at radius 2 is 1.90 bits per heavy atom. The first-order valence-electron chi connectivity index (χ1n) is 6.27. The number of hydrogen-bond donors (Lipinski definition) is 1. The monoisotopic (exact) mass is 270 g/mol. The summed E-state index contributed by atoms with van der Waals surface area (Å²) in [5, 5.41) is 2.91. The molecule has 0 unspecified atom stereocenters. The van der Waals surface area contributed by atoms with E-state index in [1.807, 2.05) is 13.8 Å². The molecule has 1 aromatic heterocycles. The van der Waals surface area contributed by atoms with Crippen molar-refractivity contribution >= 4 is 5.91 Å². The fourth-order valence-electron chi connectivity index (χ4n) is 1.64. The van der Waals surface area contributed by atoms with Crippen LogP contribution >= 0.6 is 0 Å². The molecule has 0 aliphatic heterocycles. The van der Waals surface area contributed by atoms with Gasteiger partial charge in [0.25, 0.3) is 5.91 Å². The minimum atomic E-state index is -0.240. The van der Waals surface area contributed by atoms with E-state index in [0.717, 1.165) is 0 Å². The number of nitrogens with one attached hydrogen (secondary N) is 1. The minimum absolute atomic E-state index is 0.0794. The molecule has 0 radical (unpaired) electrons. The average molecular weight is 270 g/mol. The Bertz CT molecular complexity index is 533. The van der Waals surface area contributed by atoms with Crippen LogP contribution in [0.25, 0.3) is 0 Å². The van der Waals surface area contributed by atoms with E-state index in [2.05, 4.69) is 22.1 Å². The summed E-state index contributed by atoms with van der Waals surface area (Å²) in [5.74, 6) is 4.78. The van der Waals surface area contributed by atoms with Gasteiger partial charge >= 0.3 is 0 Å². The van der Waals surface area contributed by atoms with Crippen molar-refractivity contribution in [3.8, 4) is 24.7 Å². The number of terminal acetylenes is 2. The number of aromatic nitrogens is 1. The zero-order valence-electron chi connectivity index (χ0n) is 11.9. The van der Waals surface area contributed by atoms with Crippen molar-refractivity contribution in [3.63, 3.8) is 0 Å². The van der Waals surface area contributed by atoms with Gasteiger partial charge < -0.3 is 10.1 Å². The first-order chi connectivity index (χ1) is 9.51. The van der Waals surface area contributed by atoms with Crippen LogP contribution in [0.2, 0.25) is 0 Å². The van der Waals surface area contributed by atoms with Crippen LogP contribution in [-0.2, 0) is 4.74 Å². The first-order valence-corrected chi connectivity index (χ1v) is 6.27. The van der Waals surface area contributed by atoms with Gasteiger partial charge in [-0.15, -0.1) is 12.8 Å². The summed E-state index contributed by atoms with van der Waals surface area (Å²) in [4.78, 5) is 16.3. The highest BCUT2D eigenvalue weighted by Gasteiger charge is 2.17. The lowest BCUT2D eigenvalue weighted by molar-refractivity contribution is 0.0866. The molecule has 0 saturated carbocycles. The third-order valence-corrected chi connectivity index (χ3v) is 2.85. The van der Waals surface area contributed by atoms with E-state index in [0.29, 0.717) is 23.6 Å². The maximum Gasteiger partial charge on any atom is 0.251 e. The summed E-state index contributed by atoms with van der Waals surface area (Å²) in [6.07, 6.45) is 10.6. The van der Waals surface area contributed by atoms with Gasteiger partial charge in [0.2, 0.25) is 0 Å². The van der Waals surface area contributed by atoms with Gasteiger partial charge in [-0.1, -0.05) is 25.7 Å². The molecule has 1 rings (SSSR count). The van der Waals surface area contributed by atoms with Crippen LogP contribution in [0.15, 0.2) is 12.1 Å². The van der Waals surface area contributed by atoms with Crippen LogP contribution in [0, 0.1) is 30.6 Å².